The molecule has 0 aliphatic carbocycles. The molecule has 2 aromatic heterocycles. The zero-order valence-corrected chi connectivity index (χ0v) is 20.4. The van der Waals surface area contributed by atoms with E-state index in [1.807, 2.05) is 0 Å². The lowest BCUT2D eigenvalue weighted by Gasteiger charge is -2.53. The zero-order valence-electron chi connectivity index (χ0n) is 20.4. The zero-order chi connectivity index (χ0) is 24.5. The van der Waals surface area contributed by atoms with Crippen molar-refractivity contribution in [1.29, 1.82) is 0 Å². The highest BCUT2D eigenvalue weighted by Gasteiger charge is 2.39. The summed E-state index contributed by atoms with van der Waals surface area (Å²) in [6.07, 6.45) is 6.61. The number of hydrogen-bond acceptors (Lipinski definition) is 9. The van der Waals surface area contributed by atoms with E-state index in [0.29, 0.717) is 26.3 Å². The second-order valence-corrected chi connectivity index (χ2v) is 9.16. The number of fused-ring (bicyclic) bond motifs is 6. The van der Waals surface area contributed by atoms with Crippen LogP contribution in [0.15, 0.2) is 61.7 Å². The molecular formula is C25H29N9O2. The maximum atomic E-state index is 6.03. The van der Waals surface area contributed by atoms with Crippen molar-refractivity contribution in [3.8, 4) is 11.5 Å². The van der Waals surface area contributed by atoms with Gasteiger partial charge in [-0.1, -0.05) is 0 Å². The van der Waals surface area contributed by atoms with Gasteiger partial charge in [-0.2, -0.15) is 10.2 Å². The van der Waals surface area contributed by atoms with Crippen LogP contribution >= 0.6 is 0 Å². The van der Waals surface area contributed by atoms with E-state index < -0.39 is 0 Å². The second-order valence-electron chi connectivity index (χ2n) is 9.16. The van der Waals surface area contributed by atoms with Crippen LogP contribution in [-0.2, 0) is 26.2 Å². The Morgan fingerprint density at radius 3 is 1.69 bits per heavy atom. The first-order chi connectivity index (χ1) is 17.7. The summed E-state index contributed by atoms with van der Waals surface area (Å²) in [6, 6.07) is 12.8. The van der Waals surface area contributed by atoms with Gasteiger partial charge >= 0.3 is 0 Å². The van der Waals surface area contributed by atoms with Gasteiger partial charge in [-0.25, -0.2) is 19.3 Å². The summed E-state index contributed by atoms with van der Waals surface area (Å²) in [4.78, 5) is 15.1. The fourth-order valence-corrected chi connectivity index (χ4v) is 5.00. The molecule has 0 N–H and O–H groups in total. The van der Waals surface area contributed by atoms with E-state index in [4.69, 9.17) is 9.47 Å². The summed E-state index contributed by atoms with van der Waals surface area (Å²) in [5.41, 5.74) is 4.98. The molecule has 4 aromatic rings. The molecule has 2 aliphatic rings. The average molecular weight is 488 g/mol. The molecule has 0 radical (unpaired) electrons. The van der Waals surface area contributed by atoms with Crippen molar-refractivity contribution in [2.24, 2.45) is 0 Å². The van der Waals surface area contributed by atoms with Gasteiger partial charge in [0.1, 0.15) is 50.0 Å². The first-order valence-electron chi connectivity index (χ1n) is 12.0. The number of nitrogens with zero attached hydrogens (tertiary/aromatic N) is 9. The minimum atomic E-state index is 0.142. The number of rotatable bonds is 9. The Morgan fingerprint density at radius 2 is 1.28 bits per heavy atom. The molecule has 2 aliphatic heterocycles. The van der Waals surface area contributed by atoms with Crippen LogP contribution in [0.25, 0.3) is 0 Å². The molecule has 186 valence electrons. The van der Waals surface area contributed by atoms with Gasteiger partial charge in [0.25, 0.3) is 0 Å². The Kier molecular flexibility index (Phi) is 5.90. The van der Waals surface area contributed by atoms with Crippen LogP contribution < -0.4 is 19.3 Å². The summed E-state index contributed by atoms with van der Waals surface area (Å²) in [5, 5.41) is 8.26. The van der Waals surface area contributed by atoms with E-state index in [0.717, 1.165) is 24.6 Å². The Labute approximate surface area is 209 Å². The van der Waals surface area contributed by atoms with Crippen LogP contribution in [0.2, 0.25) is 0 Å². The van der Waals surface area contributed by atoms with Crippen molar-refractivity contribution in [3.05, 3.63) is 72.8 Å². The predicted octanol–water partition coefficient (Wildman–Crippen LogP) is 2.21. The van der Waals surface area contributed by atoms with Crippen LogP contribution in [0.5, 0.6) is 11.5 Å². The Morgan fingerprint density at radius 1 is 0.778 bits per heavy atom. The van der Waals surface area contributed by atoms with E-state index >= 15 is 0 Å². The van der Waals surface area contributed by atoms with Crippen molar-refractivity contribution >= 4 is 11.4 Å². The first-order valence-corrected chi connectivity index (χ1v) is 12.0. The molecule has 0 saturated carbocycles. The van der Waals surface area contributed by atoms with Gasteiger partial charge in [-0.3, -0.25) is 4.90 Å². The van der Waals surface area contributed by atoms with E-state index in [1.165, 1.54) is 35.2 Å². The third-order valence-corrected chi connectivity index (χ3v) is 6.53. The summed E-state index contributed by atoms with van der Waals surface area (Å²) in [5.74, 6) is 1.74. The normalized spacial score (nSPS) is 14.6. The third-order valence-electron chi connectivity index (χ3n) is 6.53. The molecule has 0 unspecified atom stereocenters. The summed E-state index contributed by atoms with van der Waals surface area (Å²) in [7, 11) is 4.26. The highest BCUT2D eigenvalue weighted by atomic mass is 16.5. The minimum Gasteiger partial charge on any atom is -0.492 e. The monoisotopic (exact) mass is 487 g/mol. The highest BCUT2D eigenvalue weighted by molar-refractivity contribution is 5.70. The van der Waals surface area contributed by atoms with Gasteiger partial charge in [0.15, 0.2) is 6.29 Å². The highest BCUT2D eigenvalue weighted by Crippen LogP contribution is 2.43. The fourth-order valence-electron chi connectivity index (χ4n) is 5.00. The fraction of sp³-hybridized carbons (Fsp3) is 0.360. The Balaban J connectivity index is 1.19. The number of ether oxygens (including phenoxy) is 2. The summed E-state index contributed by atoms with van der Waals surface area (Å²) >= 11 is 0. The molecule has 11 nitrogen and oxygen atoms in total. The smallest absolute Gasteiger partial charge is 0.160 e. The Hall–Kier alpha value is -4.12. The molecule has 2 aromatic carbocycles. The van der Waals surface area contributed by atoms with Crippen molar-refractivity contribution < 1.29 is 9.47 Å². The molecule has 6 rings (SSSR count). The average Bonchev–Trinajstić information content (AvgIpc) is 3.58. The maximum Gasteiger partial charge on any atom is 0.160 e. The van der Waals surface area contributed by atoms with Gasteiger partial charge in [-0.05, 0) is 61.6 Å². The molecule has 0 spiro atoms. The number of benzene rings is 2. The van der Waals surface area contributed by atoms with E-state index in [9.17, 15) is 0 Å². The van der Waals surface area contributed by atoms with Crippen LogP contribution in [0.1, 0.15) is 11.1 Å². The van der Waals surface area contributed by atoms with Gasteiger partial charge in [0.05, 0.1) is 13.1 Å². The molecular weight excluding hydrogens is 458 g/mol. The number of aromatic nitrogens is 6. The lowest BCUT2D eigenvalue weighted by atomic mass is 9.99. The van der Waals surface area contributed by atoms with Gasteiger partial charge in [0, 0.05) is 24.5 Å². The van der Waals surface area contributed by atoms with Gasteiger partial charge in [-0.15, -0.1) is 0 Å². The number of anilines is 2. The van der Waals surface area contributed by atoms with Crippen LogP contribution in [0, 0.1) is 0 Å². The summed E-state index contributed by atoms with van der Waals surface area (Å²) < 4.78 is 15.6. The third kappa shape index (κ3) is 4.33. The standard InChI is InChI=1S/C25H29N9O2/c1-30(2)25-33-14-20-12-22(36-10-8-32-18-27-16-29-32)4-6-24(20)34(25)13-19-11-21(3-5-23(19)33)35-9-7-31-17-26-15-28-31/h3-6,11-12,15-18,25H,7-10,13-14H2,1-2H3. The molecule has 4 heterocycles. The SMILES string of the molecule is CN(C)C1N2Cc3cc(OCCn4cncn4)ccc3N1Cc1cc(OCCn3cncn3)ccc12. The quantitative estimate of drug-likeness (QED) is 0.352. The van der Waals surface area contributed by atoms with Crippen molar-refractivity contribution in [2.45, 2.75) is 32.5 Å². The first kappa shape index (κ1) is 22.4. The Bertz CT molecular complexity index is 1210. The second kappa shape index (κ2) is 9.50. The molecule has 11 heteroatoms. The lowest BCUT2D eigenvalue weighted by molar-refractivity contribution is 0.251. The van der Waals surface area contributed by atoms with Gasteiger partial charge < -0.3 is 19.3 Å². The molecule has 2 bridgehead atoms. The largest absolute Gasteiger partial charge is 0.492 e. The summed E-state index contributed by atoms with van der Waals surface area (Å²) in [6.45, 7) is 4.00. The number of hydrogen-bond donors (Lipinski definition) is 0. The van der Waals surface area contributed by atoms with Crippen LogP contribution in [-0.4, -0.2) is 68.0 Å². The molecule has 0 atom stereocenters. The van der Waals surface area contributed by atoms with E-state index in [1.54, 1.807) is 22.0 Å². The van der Waals surface area contributed by atoms with E-state index in [-0.39, 0.29) is 6.29 Å². The molecule has 0 fully saturated rings. The van der Waals surface area contributed by atoms with Crippen LogP contribution in [0.3, 0.4) is 0 Å². The molecule has 0 amide bonds. The minimum absolute atomic E-state index is 0.142. The topological polar surface area (TPSA) is 89.6 Å². The van der Waals surface area contributed by atoms with Crippen molar-refractivity contribution in [2.75, 3.05) is 37.1 Å². The van der Waals surface area contributed by atoms with Gasteiger partial charge in [0.2, 0.25) is 0 Å². The van der Waals surface area contributed by atoms with Crippen molar-refractivity contribution in [3.63, 3.8) is 0 Å². The predicted molar refractivity (Wildman–Crippen MR) is 134 cm³/mol. The molecule has 36 heavy (non-hydrogen) atoms. The maximum absolute atomic E-state index is 6.03. The van der Waals surface area contributed by atoms with Crippen LogP contribution in [0.4, 0.5) is 11.4 Å². The van der Waals surface area contributed by atoms with Crippen molar-refractivity contribution in [1.82, 2.24) is 34.4 Å². The molecule has 0 saturated heterocycles. The van der Waals surface area contributed by atoms with E-state index in [2.05, 4.69) is 85.4 Å². The lowest BCUT2D eigenvalue weighted by Crippen LogP contribution is -2.61.